The number of hydrogen-bond acceptors (Lipinski definition) is 1. The second-order valence-electron chi connectivity index (χ2n) is 2.18. The first kappa shape index (κ1) is 9.89. The fourth-order valence-corrected chi connectivity index (χ4v) is 0.704. The molecule has 0 radical (unpaired) electrons. The van der Waals surface area contributed by atoms with E-state index in [4.69, 9.17) is 0 Å². The summed E-state index contributed by atoms with van der Waals surface area (Å²) in [6.07, 6.45) is 7.43. The molecule has 1 nitrogen and oxygen atoms in total. The van der Waals surface area contributed by atoms with E-state index in [0.29, 0.717) is 0 Å². The molecule has 0 aromatic heterocycles. The lowest BCUT2D eigenvalue weighted by Gasteiger charge is -1.97. The van der Waals surface area contributed by atoms with Gasteiger partial charge in [-0.1, -0.05) is 18.7 Å². The van der Waals surface area contributed by atoms with Crippen molar-refractivity contribution in [3.8, 4) is 0 Å². The van der Waals surface area contributed by atoms with Crippen molar-refractivity contribution in [3.05, 3.63) is 36.1 Å². The molecule has 0 aliphatic heterocycles. The van der Waals surface area contributed by atoms with Gasteiger partial charge in [-0.2, -0.15) is 0 Å². The van der Waals surface area contributed by atoms with Gasteiger partial charge in [-0.05, 0) is 31.9 Å². The summed E-state index contributed by atoms with van der Waals surface area (Å²) in [6, 6.07) is 0. The van der Waals surface area contributed by atoms with E-state index in [1.54, 1.807) is 0 Å². The molecule has 0 aromatic rings. The Kier molecular flexibility index (Phi) is 5.09. The van der Waals surface area contributed by atoms with Crippen molar-refractivity contribution in [1.82, 2.24) is 0 Å². The van der Waals surface area contributed by atoms with Gasteiger partial charge >= 0.3 is 0 Å². The van der Waals surface area contributed by atoms with E-state index in [-0.39, 0.29) is 0 Å². The maximum absolute atomic E-state index is 3.94. The lowest BCUT2D eigenvalue weighted by molar-refractivity contribution is 1.41. The lowest BCUT2D eigenvalue weighted by Crippen LogP contribution is -1.85. The van der Waals surface area contributed by atoms with Gasteiger partial charge in [0, 0.05) is 12.4 Å². The molecule has 11 heavy (non-hydrogen) atoms. The van der Waals surface area contributed by atoms with Gasteiger partial charge in [0.05, 0.1) is 0 Å². The Morgan fingerprint density at radius 2 is 1.91 bits per heavy atom. The van der Waals surface area contributed by atoms with Crippen molar-refractivity contribution in [1.29, 1.82) is 0 Å². The summed E-state index contributed by atoms with van der Waals surface area (Å²) in [5.41, 5.74) is 2.38. The van der Waals surface area contributed by atoms with Gasteiger partial charge in [0.15, 0.2) is 0 Å². The van der Waals surface area contributed by atoms with Gasteiger partial charge in [0.2, 0.25) is 0 Å². The topological polar surface area (TPSA) is 12.4 Å². The summed E-state index contributed by atoms with van der Waals surface area (Å²) in [5, 5.41) is 0. The van der Waals surface area contributed by atoms with E-state index in [1.165, 1.54) is 11.8 Å². The minimum atomic E-state index is 1.15. The van der Waals surface area contributed by atoms with Crippen LogP contribution in [0.15, 0.2) is 41.1 Å². The molecule has 0 heterocycles. The van der Waals surface area contributed by atoms with Crippen LogP contribution in [0.3, 0.4) is 0 Å². The van der Waals surface area contributed by atoms with Gasteiger partial charge in [0.1, 0.15) is 0 Å². The third-order valence-electron chi connectivity index (χ3n) is 1.52. The first-order valence-electron chi connectivity index (χ1n) is 3.70. The highest BCUT2D eigenvalue weighted by molar-refractivity contribution is 5.84. The summed E-state index contributed by atoms with van der Waals surface area (Å²) in [7, 11) is 0. The normalized spacial score (nSPS) is 14.1. The van der Waals surface area contributed by atoms with Crippen molar-refractivity contribution < 1.29 is 0 Å². The minimum Gasteiger partial charge on any atom is -0.265 e. The smallest absolute Gasteiger partial charge is 0.0339 e. The van der Waals surface area contributed by atoms with Gasteiger partial charge in [-0.3, -0.25) is 4.99 Å². The van der Waals surface area contributed by atoms with Crippen molar-refractivity contribution in [2.24, 2.45) is 4.99 Å². The molecule has 0 aliphatic rings. The Morgan fingerprint density at radius 3 is 2.27 bits per heavy atom. The molecule has 0 aliphatic carbocycles. The standard InChI is InChI=1S/C10H15N/c1-5-9(4)10(6-2)8-11-7-3/h5-8H,3H2,1-2,4H3/b9-5+,10-6+,11-8?. The minimum absolute atomic E-state index is 1.15. The first-order valence-corrected chi connectivity index (χ1v) is 3.70. The van der Waals surface area contributed by atoms with Crippen molar-refractivity contribution >= 4 is 6.21 Å². The maximum atomic E-state index is 3.94. The molecule has 0 rings (SSSR count). The molecule has 60 valence electrons. The Bertz CT molecular complexity index is 207. The van der Waals surface area contributed by atoms with Gasteiger partial charge in [-0.15, -0.1) is 0 Å². The van der Waals surface area contributed by atoms with Crippen LogP contribution in [-0.2, 0) is 0 Å². The molecule has 0 spiro atoms. The predicted molar refractivity (Wildman–Crippen MR) is 51.9 cm³/mol. The van der Waals surface area contributed by atoms with Crippen LogP contribution in [-0.4, -0.2) is 6.21 Å². The first-order chi connectivity index (χ1) is 5.26. The zero-order valence-corrected chi connectivity index (χ0v) is 7.46. The molecule has 0 unspecified atom stereocenters. The molecule has 1 heteroatoms. The molecule has 0 amide bonds. The molecule has 0 bridgehead atoms. The zero-order valence-electron chi connectivity index (χ0n) is 7.46. The molecule has 0 atom stereocenters. The van der Waals surface area contributed by atoms with Crippen LogP contribution in [0.25, 0.3) is 0 Å². The monoisotopic (exact) mass is 149 g/mol. The average molecular weight is 149 g/mol. The molecule has 0 N–H and O–H groups in total. The fourth-order valence-electron chi connectivity index (χ4n) is 0.704. The molecule has 0 aromatic carbocycles. The van der Waals surface area contributed by atoms with Crippen molar-refractivity contribution in [2.75, 3.05) is 0 Å². The van der Waals surface area contributed by atoms with Crippen LogP contribution < -0.4 is 0 Å². The molecular formula is C10H15N. The Morgan fingerprint density at radius 1 is 1.27 bits per heavy atom. The van der Waals surface area contributed by atoms with Gasteiger partial charge < -0.3 is 0 Å². The maximum Gasteiger partial charge on any atom is 0.0339 e. The Labute approximate surface area is 68.9 Å². The third-order valence-corrected chi connectivity index (χ3v) is 1.52. The average Bonchev–Trinajstić information content (AvgIpc) is 2.05. The summed E-state index contributed by atoms with van der Waals surface area (Å²) in [6.45, 7) is 9.58. The van der Waals surface area contributed by atoms with Crippen molar-refractivity contribution in [3.63, 3.8) is 0 Å². The number of aliphatic imine (C=N–C) groups is 1. The second-order valence-corrected chi connectivity index (χ2v) is 2.18. The van der Waals surface area contributed by atoms with Crippen LogP contribution in [0.4, 0.5) is 0 Å². The predicted octanol–water partition coefficient (Wildman–Crippen LogP) is 3.11. The van der Waals surface area contributed by atoms with Crippen molar-refractivity contribution in [2.45, 2.75) is 20.8 Å². The van der Waals surface area contributed by atoms with Gasteiger partial charge in [0.25, 0.3) is 0 Å². The van der Waals surface area contributed by atoms with E-state index >= 15 is 0 Å². The summed E-state index contributed by atoms with van der Waals surface area (Å²) >= 11 is 0. The number of rotatable bonds is 3. The Hall–Kier alpha value is -1.11. The highest BCUT2D eigenvalue weighted by Gasteiger charge is 1.90. The third kappa shape index (κ3) is 3.56. The fraction of sp³-hybridized carbons (Fsp3) is 0.300. The van der Waals surface area contributed by atoms with E-state index in [9.17, 15) is 0 Å². The van der Waals surface area contributed by atoms with E-state index in [0.717, 1.165) is 5.57 Å². The largest absolute Gasteiger partial charge is 0.265 e. The molecule has 0 saturated carbocycles. The SMILES string of the molecule is C=CN=CC(=C\C)/C(C)=C/C. The van der Waals surface area contributed by atoms with Crippen LogP contribution in [0, 0.1) is 0 Å². The van der Waals surface area contributed by atoms with Crippen LogP contribution in [0.1, 0.15) is 20.8 Å². The van der Waals surface area contributed by atoms with Crippen LogP contribution >= 0.6 is 0 Å². The quantitative estimate of drug-likeness (QED) is 0.432. The molecular weight excluding hydrogens is 134 g/mol. The molecule has 0 fully saturated rings. The van der Waals surface area contributed by atoms with E-state index in [1.807, 2.05) is 26.1 Å². The lowest BCUT2D eigenvalue weighted by atomic mass is 10.1. The van der Waals surface area contributed by atoms with E-state index in [2.05, 4.69) is 24.6 Å². The number of nitrogens with zero attached hydrogens (tertiary/aromatic N) is 1. The highest BCUT2D eigenvalue weighted by Crippen LogP contribution is 2.05. The van der Waals surface area contributed by atoms with Gasteiger partial charge in [-0.25, -0.2) is 0 Å². The van der Waals surface area contributed by atoms with Crippen LogP contribution in [0.5, 0.6) is 0 Å². The zero-order chi connectivity index (χ0) is 8.69. The summed E-state index contributed by atoms with van der Waals surface area (Å²) in [5.74, 6) is 0. The summed E-state index contributed by atoms with van der Waals surface area (Å²) in [4.78, 5) is 3.94. The summed E-state index contributed by atoms with van der Waals surface area (Å²) < 4.78 is 0. The van der Waals surface area contributed by atoms with E-state index < -0.39 is 0 Å². The Balaban J connectivity index is 4.44. The highest BCUT2D eigenvalue weighted by atomic mass is 14.7. The number of allylic oxidation sites excluding steroid dienone is 4. The molecule has 0 saturated heterocycles. The second kappa shape index (κ2) is 5.66. The van der Waals surface area contributed by atoms with Crippen LogP contribution in [0.2, 0.25) is 0 Å². The number of hydrogen-bond donors (Lipinski definition) is 0.